The minimum absolute atomic E-state index is 0.0753. The summed E-state index contributed by atoms with van der Waals surface area (Å²) in [5.74, 6) is 0.0412. The molecule has 15 nitrogen and oxygen atoms in total. The Hall–Kier alpha value is -10.6. The highest BCUT2D eigenvalue weighted by atomic mass is 16.6. The van der Waals surface area contributed by atoms with Gasteiger partial charge in [0.05, 0.1) is 98.7 Å². The number of H-pyrrole nitrogens is 1. The molecule has 2 N–H and O–H groups in total. The van der Waals surface area contributed by atoms with Crippen molar-refractivity contribution in [3.8, 4) is 11.5 Å². The molecule has 2 aliphatic rings. The fourth-order valence-electron chi connectivity index (χ4n) is 13.5. The standard InChI is InChI=1S/C85H76N4O11/c90-83-76-74-69-43-41-67(95-50-61-31-15-4-16-32-61)45-71(69)86-78(74)79-75(77(76)84(91)89(83)87-66(55-92-47-58-25-9-1-10-26-58)56-93-48-59-27-11-2-12-28-59)70-44-42-68(96-51-62-33-17-5-18-34-62)46-72(70)88(79)85-82(99-54-65-39-23-8-24-40-65)81(98-53-64-37-21-7-22-38-64)80(97-52-63-35-19-6-20-36-63)73(100-85)57-94-49-60-29-13-3-14-30-60/h1-46,66,73,80-82,85-87H,47-57H2. The quantitative estimate of drug-likeness (QED) is 0.0412. The molecule has 5 unspecified atom stereocenters. The van der Waals surface area contributed by atoms with Gasteiger partial charge in [-0.2, -0.15) is 0 Å². The smallest absolute Gasteiger partial charge is 0.276 e. The maximum absolute atomic E-state index is 16.4. The largest absolute Gasteiger partial charge is 0.489 e. The molecule has 15 heteroatoms. The number of benzene rings is 11. The van der Waals surface area contributed by atoms with Crippen LogP contribution in [0.5, 0.6) is 11.5 Å². The minimum atomic E-state index is -1.08. The Balaban J connectivity index is 0.936. The van der Waals surface area contributed by atoms with E-state index in [4.69, 9.17) is 42.6 Å². The number of hydrazine groups is 1. The van der Waals surface area contributed by atoms with Crippen molar-refractivity contribution in [1.82, 2.24) is 20.0 Å². The first-order valence-electron chi connectivity index (χ1n) is 34.0. The van der Waals surface area contributed by atoms with E-state index in [1.807, 2.05) is 279 Å². The van der Waals surface area contributed by atoms with Crippen molar-refractivity contribution in [2.75, 3.05) is 19.8 Å². The van der Waals surface area contributed by atoms with E-state index in [1.54, 1.807) is 0 Å². The lowest BCUT2D eigenvalue weighted by Crippen LogP contribution is -2.59. The maximum Gasteiger partial charge on any atom is 0.276 e. The number of nitrogens with one attached hydrogen (secondary N) is 2. The number of hydrogen-bond acceptors (Lipinski definition) is 12. The van der Waals surface area contributed by atoms with Crippen molar-refractivity contribution in [3.63, 3.8) is 0 Å². The van der Waals surface area contributed by atoms with Crippen LogP contribution in [0, 0.1) is 0 Å². The molecule has 0 spiro atoms. The molecule has 11 aromatic carbocycles. The van der Waals surface area contributed by atoms with Crippen molar-refractivity contribution in [2.45, 2.75) is 89.5 Å². The van der Waals surface area contributed by atoms with Crippen LogP contribution in [0.15, 0.2) is 279 Å². The fraction of sp³-hybridized carbons (Fsp3) is 0.200. The Kier molecular flexibility index (Phi) is 20.3. The zero-order valence-corrected chi connectivity index (χ0v) is 55.2. The topological polar surface area (TPSA) is 153 Å². The predicted octanol–water partition coefficient (Wildman–Crippen LogP) is 16.4. The van der Waals surface area contributed by atoms with Crippen LogP contribution in [0.2, 0.25) is 0 Å². The number of aromatic amines is 1. The van der Waals surface area contributed by atoms with Crippen LogP contribution in [0.4, 0.5) is 0 Å². The third-order valence-electron chi connectivity index (χ3n) is 18.3. The van der Waals surface area contributed by atoms with Crippen molar-refractivity contribution in [2.24, 2.45) is 0 Å². The molecule has 100 heavy (non-hydrogen) atoms. The number of rotatable bonds is 30. The zero-order valence-electron chi connectivity index (χ0n) is 55.2. The zero-order chi connectivity index (χ0) is 67.4. The second kappa shape index (κ2) is 31.1. The molecule has 4 heterocycles. The van der Waals surface area contributed by atoms with Crippen LogP contribution in [0.25, 0.3) is 43.6 Å². The van der Waals surface area contributed by atoms with Crippen molar-refractivity contribution >= 4 is 55.4 Å². The third-order valence-corrected chi connectivity index (χ3v) is 18.3. The number of nitrogens with zero attached hydrogens (tertiary/aromatic N) is 2. The molecule has 2 aromatic heterocycles. The Labute approximate surface area is 580 Å². The van der Waals surface area contributed by atoms with E-state index in [0.29, 0.717) is 74.9 Å². The van der Waals surface area contributed by atoms with Crippen LogP contribution in [-0.2, 0) is 86.0 Å². The van der Waals surface area contributed by atoms with E-state index in [1.165, 1.54) is 0 Å². The summed E-state index contributed by atoms with van der Waals surface area (Å²) in [6.07, 6.45) is -4.50. The summed E-state index contributed by atoms with van der Waals surface area (Å²) < 4.78 is 65.0. The van der Waals surface area contributed by atoms with Gasteiger partial charge >= 0.3 is 0 Å². The molecule has 0 saturated carbocycles. The van der Waals surface area contributed by atoms with Gasteiger partial charge in [0.1, 0.15) is 49.1 Å². The summed E-state index contributed by atoms with van der Waals surface area (Å²) in [5, 5.41) is 3.51. The molecular weight excluding hydrogens is 1250 g/mol. The van der Waals surface area contributed by atoms with Crippen molar-refractivity contribution in [3.05, 3.63) is 335 Å². The molecule has 0 aliphatic carbocycles. The lowest BCUT2D eigenvalue weighted by molar-refractivity contribution is -0.288. The van der Waals surface area contributed by atoms with E-state index >= 15 is 9.59 Å². The first kappa shape index (κ1) is 65.4. The molecule has 502 valence electrons. The average Bonchev–Trinajstić information content (AvgIpc) is 1.52. The molecule has 15 rings (SSSR count). The second-order valence-corrected chi connectivity index (χ2v) is 25.3. The number of ether oxygens (including phenoxy) is 9. The normalized spacial score (nSPS) is 16.9. The molecule has 0 bridgehead atoms. The lowest BCUT2D eigenvalue weighted by Gasteiger charge is -2.47. The molecule has 5 atom stereocenters. The maximum atomic E-state index is 16.4. The summed E-state index contributed by atoms with van der Waals surface area (Å²) >= 11 is 0. The van der Waals surface area contributed by atoms with Gasteiger partial charge in [-0.25, -0.2) is 10.4 Å². The Morgan fingerprint density at radius 3 is 1.26 bits per heavy atom. The summed E-state index contributed by atoms with van der Waals surface area (Å²) in [4.78, 5) is 36.4. The Morgan fingerprint density at radius 2 is 0.790 bits per heavy atom. The molecular formula is C85H76N4O11. The highest BCUT2D eigenvalue weighted by Crippen LogP contribution is 2.49. The SMILES string of the molecule is O=C1c2c(c3c4ccc(OCc5ccccc5)cc4n(C4OC(COCc5ccccc5)C(OCc5ccccc5)C(OCc5ccccc5)C4OCc4ccccc4)c3c3[nH]c4cc(OCc5ccccc5)ccc4c23)C(=O)N1NC(COCc1ccccc1)COCc1ccccc1. The van der Waals surface area contributed by atoms with E-state index in [0.717, 1.165) is 49.5 Å². The second-order valence-electron chi connectivity index (χ2n) is 25.3. The van der Waals surface area contributed by atoms with Gasteiger partial charge in [0.2, 0.25) is 0 Å². The molecule has 1 fully saturated rings. The summed E-state index contributed by atoms with van der Waals surface area (Å²) in [5.41, 5.74) is 13.9. The van der Waals surface area contributed by atoms with Gasteiger partial charge in [-0.3, -0.25) is 9.59 Å². The molecule has 0 radical (unpaired) electrons. The number of carbonyl (C=O) groups excluding carboxylic acids is 2. The van der Waals surface area contributed by atoms with Crippen molar-refractivity contribution in [1.29, 1.82) is 0 Å². The number of fused-ring (bicyclic) bond motifs is 10. The number of hydrogen-bond donors (Lipinski definition) is 2. The van der Waals surface area contributed by atoms with Gasteiger partial charge in [-0.05, 0) is 68.8 Å². The molecule has 2 amide bonds. The van der Waals surface area contributed by atoms with Gasteiger partial charge in [0, 0.05) is 33.7 Å². The van der Waals surface area contributed by atoms with Gasteiger partial charge in [0.15, 0.2) is 6.23 Å². The number of carbonyl (C=O) groups is 2. The monoisotopic (exact) mass is 1330 g/mol. The number of imide groups is 1. The first-order chi connectivity index (χ1) is 49.4. The summed E-state index contributed by atoms with van der Waals surface area (Å²) in [6, 6.07) is 91.0. The van der Waals surface area contributed by atoms with E-state index in [2.05, 4.69) is 15.0 Å². The average molecular weight is 1330 g/mol. The van der Waals surface area contributed by atoms with Gasteiger partial charge in [-0.15, -0.1) is 0 Å². The number of aromatic nitrogens is 2. The van der Waals surface area contributed by atoms with E-state index in [-0.39, 0.29) is 64.0 Å². The van der Waals surface area contributed by atoms with Crippen LogP contribution < -0.4 is 14.9 Å². The van der Waals surface area contributed by atoms with Gasteiger partial charge < -0.3 is 52.2 Å². The van der Waals surface area contributed by atoms with Crippen LogP contribution >= 0.6 is 0 Å². The molecule has 13 aromatic rings. The lowest BCUT2D eigenvalue weighted by atomic mass is 9.95. The minimum Gasteiger partial charge on any atom is -0.489 e. The van der Waals surface area contributed by atoms with Crippen LogP contribution in [0.3, 0.4) is 0 Å². The van der Waals surface area contributed by atoms with E-state index < -0.39 is 48.5 Å². The highest BCUT2D eigenvalue weighted by molar-refractivity contribution is 6.39. The number of amides is 2. The highest BCUT2D eigenvalue weighted by Gasteiger charge is 2.51. The summed E-state index contributed by atoms with van der Waals surface area (Å²) in [7, 11) is 0. The van der Waals surface area contributed by atoms with Crippen molar-refractivity contribution < 1.29 is 52.2 Å². The van der Waals surface area contributed by atoms with E-state index in [9.17, 15) is 0 Å². The Morgan fingerprint density at radius 1 is 0.400 bits per heavy atom. The van der Waals surface area contributed by atoms with Crippen LogP contribution in [0.1, 0.15) is 71.5 Å². The summed E-state index contributed by atoms with van der Waals surface area (Å²) in [6.45, 7) is 2.29. The Bertz CT molecular complexity index is 4810. The first-order valence-corrected chi connectivity index (χ1v) is 34.0. The third kappa shape index (κ3) is 14.8. The molecule has 2 aliphatic heterocycles. The van der Waals surface area contributed by atoms with Crippen LogP contribution in [-0.4, -0.2) is 76.7 Å². The fourth-order valence-corrected chi connectivity index (χ4v) is 13.5. The predicted molar refractivity (Wildman–Crippen MR) is 385 cm³/mol. The van der Waals surface area contributed by atoms with Gasteiger partial charge in [0.25, 0.3) is 11.8 Å². The molecule has 1 saturated heterocycles. The van der Waals surface area contributed by atoms with Gasteiger partial charge in [-0.1, -0.05) is 243 Å².